The number of likely N-dealkylation sites (tertiary alicyclic amines) is 1. The van der Waals surface area contributed by atoms with Crippen LogP contribution in [0.5, 0.6) is 5.75 Å². The number of halogens is 2. The van der Waals surface area contributed by atoms with Crippen LogP contribution in [0.15, 0.2) is 39.5 Å². The van der Waals surface area contributed by atoms with E-state index < -0.39 is 0 Å². The van der Waals surface area contributed by atoms with Crippen molar-refractivity contribution in [3.63, 3.8) is 0 Å². The highest BCUT2D eigenvalue weighted by atomic mass is 35.5. The molecule has 5 rings (SSSR count). The molecule has 1 aliphatic carbocycles. The summed E-state index contributed by atoms with van der Waals surface area (Å²) < 4.78 is 17.5. The summed E-state index contributed by atoms with van der Waals surface area (Å²) in [4.78, 5) is 4.66. The molecule has 1 saturated heterocycles. The molecule has 34 heavy (non-hydrogen) atoms. The smallest absolute Gasteiger partial charge is 0.175 e. The molecule has 0 N–H and O–H groups in total. The SMILES string of the molecule is CN(C)Cc1c(OCC2CC2)ccc2c(CCC3CCN(Cc4ccco4)CC3)noc12.Cl.Cl. The van der Waals surface area contributed by atoms with E-state index in [1.54, 1.807) is 6.26 Å². The minimum Gasteiger partial charge on any atom is -0.493 e. The van der Waals surface area contributed by atoms with E-state index in [0.717, 1.165) is 84.8 Å². The largest absolute Gasteiger partial charge is 0.493 e. The van der Waals surface area contributed by atoms with E-state index in [2.05, 4.69) is 47.3 Å². The van der Waals surface area contributed by atoms with E-state index in [1.807, 2.05) is 6.07 Å². The van der Waals surface area contributed by atoms with Gasteiger partial charge in [-0.3, -0.25) is 4.90 Å². The number of ether oxygens (including phenoxy) is 1. The maximum Gasteiger partial charge on any atom is 0.175 e. The van der Waals surface area contributed by atoms with Crippen molar-refractivity contribution in [3.05, 3.63) is 47.5 Å². The molecule has 2 fully saturated rings. The second-order valence-corrected chi connectivity index (χ2v) is 9.88. The third kappa shape index (κ3) is 6.69. The lowest BCUT2D eigenvalue weighted by Crippen LogP contribution is -2.33. The molecule has 0 radical (unpaired) electrons. The molecule has 2 aliphatic rings. The van der Waals surface area contributed by atoms with Gasteiger partial charge in [-0.1, -0.05) is 5.16 Å². The Labute approximate surface area is 214 Å². The van der Waals surface area contributed by atoms with Gasteiger partial charge in [-0.15, -0.1) is 24.8 Å². The third-order valence-electron chi connectivity index (χ3n) is 6.88. The van der Waals surface area contributed by atoms with Crippen molar-refractivity contribution in [2.24, 2.45) is 11.8 Å². The molecule has 188 valence electrons. The normalized spacial score (nSPS) is 17.0. The van der Waals surface area contributed by atoms with Gasteiger partial charge in [0.1, 0.15) is 11.5 Å². The van der Waals surface area contributed by atoms with E-state index >= 15 is 0 Å². The molecule has 2 aromatic heterocycles. The third-order valence-corrected chi connectivity index (χ3v) is 6.88. The van der Waals surface area contributed by atoms with Gasteiger partial charge in [0.2, 0.25) is 0 Å². The van der Waals surface area contributed by atoms with Crippen molar-refractivity contribution in [1.82, 2.24) is 15.0 Å². The molecular weight excluding hydrogens is 473 g/mol. The van der Waals surface area contributed by atoms with Crippen molar-refractivity contribution in [2.75, 3.05) is 33.8 Å². The second-order valence-electron chi connectivity index (χ2n) is 9.88. The van der Waals surface area contributed by atoms with Crippen LogP contribution in [0, 0.1) is 11.8 Å². The number of piperidine rings is 1. The molecule has 3 aromatic rings. The predicted octanol–water partition coefficient (Wildman–Crippen LogP) is 5.96. The van der Waals surface area contributed by atoms with Crippen molar-refractivity contribution < 1.29 is 13.7 Å². The van der Waals surface area contributed by atoms with Crippen LogP contribution in [0.4, 0.5) is 0 Å². The molecule has 1 aliphatic heterocycles. The minimum absolute atomic E-state index is 0. The Morgan fingerprint density at radius 3 is 2.53 bits per heavy atom. The van der Waals surface area contributed by atoms with Gasteiger partial charge < -0.3 is 18.6 Å². The molecular formula is C26H37Cl2N3O3. The molecule has 0 amide bonds. The van der Waals surface area contributed by atoms with E-state index in [0.29, 0.717) is 0 Å². The fourth-order valence-electron chi connectivity index (χ4n) is 4.76. The molecule has 0 unspecified atom stereocenters. The number of nitrogens with zero attached hydrogens (tertiary/aromatic N) is 3. The highest BCUT2D eigenvalue weighted by Crippen LogP contribution is 2.35. The quantitative estimate of drug-likeness (QED) is 0.336. The second kappa shape index (κ2) is 12.3. The molecule has 8 heteroatoms. The summed E-state index contributed by atoms with van der Waals surface area (Å²) in [5.41, 5.74) is 3.11. The Morgan fingerprint density at radius 2 is 1.85 bits per heavy atom. The van der Waals surface area contributed by atoms with Crippen molar-refractivity contribution in [3.8, 4) is 5.75 Å². The van der Waals surface area contributed by atoms with Crippen LogP contribution in [-0.2, 0) is 19.5 Å². The van der Waals surface area contributed by atoms with Crippen LogP contribution >= 0.6 is 24.8 Å². The number of hydrogen-bond acceptors (Lipinski definition) is 6. The lowest BCUT2D eigenvalue weighted by molar-refractivity contribution is 0.162. The van der Waals surface area contributed by atoms with E-state index in [9.17, 15) is 0 Å². The van der Waals surface area contributed by atoms with E-state index in [1.165, 1.54) is 32.1 Å². The fraction of sp³-hybridized carbons (Fsp3) is 0.577. The van der Waals surface area contributed by atoms with Gasteiger partial charge >= 0.3 is 0 Å². The van der Waals surface area contributed by atoms with Crippen LogP contribution in [0.25, 0.3) is 11.0 Å². The first kappa shape index (κ1) is 26.9. The molecule has 0 atom stereocenters. The number of fused-ring (bicyclic) bond motifs is 1. The summed E-state index contributed by atoms with van der Waals surface area (Å²) in [5.74, 6) is 3.49. The Balaban J connectivity index is 0.00000162. The Morgan fingerprint density at radius 1 is 1.06 bits per heavy atom. The van der Waals surface area contributed by atoms with Gasteiger partial charge in [-0.25, -0.2) is 0 Å². The number of rotatable bonds is 10. The van der Waals surface area contributed by atoms with Gasteiger partial charge in [0.25, 0.3) is 0 Å². The summed E-state index contributed by atoms with van der Waals surface area (Å²) in [7, 11) is 4.16. The van der Waals surface area contributed by atoms with Crippen LogP contribution < -0.4 is 4.74 Å². The molecule has 0 bridgehead atoms. The molecule has 1 aromatic carbocycles. The minimum atomic E-state index is 0. The zero-order valence-electron chi connectivity index (χ0n) is 20.2. The number of hydrogen-bond donors (Lipinski definition) is 0. The fourth-order valence-corrected chi connectivity index (χ4v) is 4.76. The van der Waals surface area contributed by atoms with Crippen LogP contribution in [-0.4, -0.2) is 48.7 Å². The van der Waals surface area contributed by atoms with Gasteiger partial charge in [-0.05, 0) is 102 Å². The summed E-state index contributed by atoms with van der Waals surface area (Å²) in [5, 5.41) is 5.64. The summed E-state index contributed by atoms with van der Waals surface area (Å²) in [6.07, 6.45) is 8.96. The lowest BCUT2D eigenvalue weighted by Gasteiger charge is -2.31. The van der Waals surface area contributed by atoms with Crippen molar-refractivity contribution in [1.29, 1.82) is 0 Å². The Bertz CT molecular complexity index is 1010. The van der Waals surface area contributed by atoms with Crippen LogP contribution in [0.3, 0.4) is 0 Å². The van der Waals surface area contributed by atoms with Gasteiger partial charge in [0.05, 0.1) is 30.7 Å². The average molecular weight is 511 g/mol. The molecule has 6 nitrogen and oxygen atoms in total. The first-order chi connectivity index (χ1) is 15.7. The number of benzene rings is 1. The summed E-state index contributed by atoms with van der Waals surface area (Å²) in [6, 6.07) is 8.30. The summed E-state index contributed by atoms with van der Waals surface area (Å²) in [6.45, 7) is 4.80. The molecule has 3 heterocycles. The molecule has 1 saturated carbocycles. The number of aryl methyl sites for hydroxylation is 1. The van der Waals surface area contributed by atoms with E-state index in [4.69, 9.17) is 13.7 Å². The van der Waals surface area contributed by atoms with Crippen molar-refractivity contribution in [2.45, 2.75) is 51.6 Å². The predicted molar refractivity (Wildman–Crippen MR) is 139 cm³/mol. The average Bonchev–Trinajstić information content (AvgIpc) is 3.30. The topological polar surface area (TPSA) is 54.9 Å². The highest BCUT2D eigenvalue weighted by Gasteiger charge is 2.24. The number of aromatic nitrogens is 1. The van der Waals surface area contributed by atoms with Gasteiger partial charge in [0, 0.05) is 11.9 Å². The van der Waals surface area contributed by atoms with Crippen LogP contribution in [0.2, 0.25) is 0 Å². The van der Waals surface area contributed by atoms with Gasteiger partial charge in [-0.2, -0.15) is 0 Å². The summed E-state index contributed by atoms with van der Waals surface area (Å²) >= 11 is 0. The number of furan rings is 1. The maximum atomic E-state index is 6.16. The zero-order chi connectivity index (χ0) is 21.9. The zero-order valence-corrected chi connectivity index (χ0v) is 21.8. The van der Waals surface area contributed by atoms with Crippen LogP contribution in [0.1, 0.15) is 49.1 Å². The lowest BCUT2D eigenvalue weighted by atomic mass is 9.91. The van der Waals surface area contributed by atoms with E-state index in [-0.39, 0.29) is 24.8 Å². The molecule has 0 spiro atoms. The standard InChI is InChI=1S/C26H35N3O3.2ClH/c1-28(2)17-23-25(31-18-20-5-6-20)10-8-22-24(27-32-26(22)23)9-7-19-11-13-29(14-12-19)16-21-4-3-15-30-21;;/h3-4,8,10,15,19-20H,5-7,9,11-14,16-18H2,1-2H3;2*1H. The first-order valence-corrected chi connectivity index (χ1v) is 12.1. The van der Waals surface area contributed by atoms with Gasteiger partial charge in [0.15, 0.2) is 5.58 Å². The maximum absolute atomic E-state index is 6.16. The monoisotopic (exact) mass is 509 g/mol. The highest BCUT2D eigenvalue weighted by molar-refractivity contribution is 5.86. The first-order valence-electron chi connectivity index (χ1n) is 12.1. The van der Waals surface area contributed by atoms with Crippen molar-refractivity contribution >= 4 is 35.8 Å². The Hall–Kier alpha value is -1.73. The Kier molecular flexibility index (Phi) is 9.72.